The van der Waals surface area contributed by atoms with Crippen LogP contribution in [0.4, 0.5) is 0 Å². The molecule has 0 spiro atoms. The summed E-state index contributed by atoms with van der Waals surface area (Å²) in [6.07, 6.45) is 1.38. The normalized spacial score (nSPS) is 12.8. The molecule has 0 amide bonds. The Labute approximate surface area is 105 Å². The molecule has 8 nitrogen and oxygen atoms in total. The van der Waals surface area contributed by atoms with Crippen molar-refractivity contribution in [3.63, 3.8) is 0 Å². The van der Waals surface area contributed by atoms with Gasteiger partial charge in [-0.2, -0.15) is 10.1 Å². The molecule has 0 aliphatic rings. The quantitative estimate of drug-likeness (QED) is 0.723. The van der Waals surface area contributed by atoms with Gasteiger partial charge in [0.15, 0.2) is 5.82 Å². The molecule has 92 valence electrons. The van der Waals surface area contributed by atoms with Crippen LogP contribution < -0.4 is 5.73 Å². The zero-order valence-corrected chi connectivity index (χ0v) is 10.2. The molecule has 3 N–H and O–H groups in total. The van der Waals surface area contributed by atoms with Crippen molar-refractivity contribution < 1.29 is 4.52 Å². The van der Waals surface area contributed by atoms with Gasteiger partial charge in [0, 0.05) is 5.38 Å². The zero-order chi connectivity index (χ0) is 12.5. The number of H-pyrrole nitrogens is 1. The summed E-state index contributed by atoms with van der Waals surface area (Å²) in [7, 11) is 0. The Bertz CT molecular complexity index is 641. The van der Waals surface area contributed by atoms with Crippen LogP contribution in [-0.4, -0.2) is 30.3 Å². The second-order valence-corrected chi connectivity index (χ2v) is 4.51. The minimum absolute atomic E-state index is 0.111. The van der Waals surface area contributed by atoms with Crippen molar-refractivity contribution in [2.75, 3.05) is 0 Å². The minimum atomic E-state index is -0.111. The summed E-state index contributed by atoms with van der Waals surface area (Å²) in [5.41, 5.74) is 6.36. The van der Waals surface area contributed by atoms with Gasteiger partial charge in [-0.25, -0.2) is 9.97 Å². The monoisotopic (exact) mass is 263 g/mol. The summed E-state index contributed by atoms with van der Waals surface area (Å²) in [4.78, 5) is 12.5. The lowest BCUT2D eigenvalue weighted by atomic mass is 10.4. The predicted molar refractivity (Wildman–Crippen MR) is 63.4 cm³/mol. The van der Waals surface area contributed by atoms with Crippen molar-refractivity contribution >= 4 is 11.3 Å². The van der Waals surface area contributed by atoms with Crippen molar-refractivity contribution in [2.24, 2.45) is 5.73 Å². The van der Waals surface area contributed by atoms with E-state index in [0.29, 0.717) is 23.2 Å². The molecule has 9 heteroatoms. The maximum Gasteiger partial charge on any atom is 0.277 e. The van der Waals surface area contributed by atoms with Gasteiger partial charge in [-0.1, -0.05) is 5.16 Å². The highest BCUT2D eigenvalue weighted by Crippen LogP contribution is 2.24. The van der Waals surface area contributed by atoms with Crippen molar-refractivity contribution in [1.29, 1.82) is 0 Å². The third-order valence-corrected chi connectivity index (χ3v) is 3.23. The molecule has 0 radical (unpaired) electrons. The van der Waals surface area contributed by atoms with E-state index in [0.717, 1.165) is 5.01 Å². The Kier molecular flexibility index (Phi) is 2.61. The van der Waals surface area contributed by atoms with Crippen LogP contribution in [-0.2, 0) is 0 Å². The number of aromatic amines is 1. The van der Waals surface area contributed by atoms with E-state index in [1.807, 2.05) is 12.3 Å². The zero-order valence-electron chi connectivity index (χ0n) is 9.36. The number of nitrogens with one attached hydrogen (secondary N) is 1. The second-order valence-electron chi connectivity index (χ2n) is 3.62. The molecule has 0 fully saturated rings. The van der Waals surface area contributed by atoms with E-state index in [4.69, 9.17) is 10.3 Å². The highest BCUT2D eigenvalue weighted by atomic mass is 32.1. The molecule has 18 heavy (non-hydrogen) atoms. The van der Waals surface area contributed by atoms with E-state index in [-0.39, 0.29) is 6.04 Å². The van der Waals surface area contributed by atoms with Gasteiger partial charge in [-0.15, -0.1) is 11.3 Å². The first-order chi connectivity index (χ1) is 8.74. The van der Waals surface area contributed by atoms with Gasteiger partial charge in [-0.3, -0.25) is 5.10 Å². The molecule has 3 heterocycles. The van der Waals surface area contributed by atoms with Crippen LogP contribution >= 0.6 is 11.3 Å². The highest BCUT2D eigenvalue weighted by molar-refractivity contribution is 7.10. The van der Waals surface area contributed by atoms with Crippen LogP contribution in [0.25, 0.3) is 23.2 Å². The molecule has 0 aliphatic carbocycles. The molecular formula is C9H9N7OS. The summed E-state index contributed by atoms with van der Waals surface area (Å²) in [5, 5.41) is 12.8. The fraction of sp³-hybridized carbons (Fsp3) is 0.222. The molecule has 3 rings (SSSR count). The molecule has 0 bridgehead atoms. The van der Waals surface area contributed by atoms with Crippen molar-refractivity contribution in [3.8, 4) is 23.2 Å². The van der Waals surface area contributed by atoms with Gasteiger partial charge in [0.05, 0.1) is 6.04 Å². The molecule has 0 aliphatic heterocycles. The first-order valence-electron chi connectivity index (χ1n) is 5.15. The number of hydrogen-bond acceptors (Lipinski definition) is 8. The van der Waals surface area contributed by atoms with E-state index in [1.165, 1.54) is 17.7 Å². The first kappa shape index (κ1) is 11.0. The van der Waals surface area contributed by atoms with Gasteiger partial charge in [0.2, 0.25) is 5.82 Å². The van der Waals surface area contributed by atoms with Crippen LogP contribution in [0.15, 0.2) is 16.2 Å². The van der Waals surface area contributed by atoms with Crippen LogP contribution in [0.1, 0.15) is 18.0 Å². The van der Waals surface area contributed by atoms with Crippen molar-refractivity contribution in [2.45, 2.75) is 13.0 Å². The Hall–Kier alpha value is -2.13. The predicted octanol–water partition coefficient (Wildman–Crippen LogP) is 0.998. The number of hydrogen-bond donors (Lipinski definition) is 2. The molecule has 1 atom stereocenters. The standard InChI is InChI=1S/C9H9N7OS/c1-4(10)9-13-5(2-18-9)8-14-7(16-17-8)6-11-3-12-15-6/h2-4H,10H2,1H3,(H,11,12,15). The van der Waals surface area contributed by atoms with Crippen LogP contribution in [0.2, 0.25) is 0 Å². The van der Waals surface area contributed by atoms with Crippen molar-refractivity contribution in [3.05, 3.63) is 16.7 Å². The molecule has 3 aromatic rings. The van der Waals surface area contributed by atoms with Gasteiger partial charge >= 0.3 is 0 Å². The summed E-state index contributed by atoms with van der Waals surface area (Å²) in [5.74, 6) is 1.13. The number of nitrogens with zero attached hydrogens (tertiary/aromatic N) is 5. The summed E-state index contributed by atoms with van der Waals surface area (Å²) >= 11 is 1.46. The highest BCUT2D eigenvalue weighted by Gasteiger charge is 2.16. The van der Waals surface area contributed by atoms with E-state index in [1.54, 1.807) is 0 Å². The Morgan fingerprint density at radius 2 is 2.33 bits per heavy atom. The summed E-state index contributed by atoms with van der Waals surface area (Å²) in [6.45, 7) is 1.87. The summed E-state index contributed by atoms with van der Waals surface area (Å²) < 4.78 is 5.12. The minimum Gasteiger partial charge on any atom is -0.332 e. The number of nitrogens with two attached hydrogens (primary N) is 1. The maximum absolute atomic E-state index is 5.75. The molecule has 1 unspecified atom stereocenters. The Balaban J connectivity index is 1.93. The van der Waals surface area contributed by atoms with Crippen molar-refractivity contribution in [1.82, 2.24) is 30.3 Å². The molecular weight excluding hydrogens is 254 g/mol. The SMILES string of the molecule is CC(N)c1nc(-c2nc(-c3ncn[nH]3)no2)cs1. The third-order valence-electron chi connectivity index (χ3n) is 2.18. The Morgan fingerprint density at radius 1 is 1.44 bits per heavy atom. The van der Waals surface area contributed by atoms with E-state index in [2.05, 4.69) is 30.3 Å². The average Bonchev–Trinajstić information content (AvgIpc) is 3.10. The Morgan fingerprint density at radius 3 is 3.00 bits per heavy atom. The summed E-state index contributed by atoms with van der Waals surface area (Å²) in [6, 6.07) is -0.111. The number of aromatic nitrogens is 6. The maximum atomic E-state index is 5.75. The lowest BCUT2D eigenvalue weighted by Gasteiger charge is -1.95. The van der Waals surface area contributed by atoms with E-state index in [9.17, 15) is 0 Å². The fourth-order valence-corrected chi connectivity index (χ4v) is 2.08. The smallest absolute Gasteiger partial charge is 0.277 e. The molecule has 0 saturated heterocycles. The largest absolute Gasteiger partial charge is 0.332 e. The van der Waals surface area contributed by atoms with Crippen LogP contribution in [0.5, 0.6) is 0 Å². The van der Waals surface area contributed by atoms with Crippen LogP contribution in [0, 0.1) is 0 Å². The van der Waals surface area contributed by atoms with Gasteiger partial charge in [0.1, 0.15) is 17.0 Å². The fourth-order valence-electron chi connectivity index (χ4n) is 1.33. The number of thiazole rings is 1. The topological polar surface area (TPSA) is 119 Å². The van der Waals surface area contributed by atoms with Crippen LogP contribution in [0.3, 0.4) is 0 Å². The van der Waals surface area contributed by atoms with Gasteiger partial charge < -0.3 is 10.3 Å². The molecule has 0 saturated carbocycles. The lowest BCUT2D eigenvalue weighted by molar-refractivity contribution is 0.430. The van der Waals surface area contributed by atoms with Gasteiger partial charge in [0.25, 0.3) is 5.89 Å². The lowest BCUT2D eigenvalue weighted by Crippen LogP contribution is -2.03. The molecule has 3 aromatic heterocycles. The molecule has 0 aromatic carbocycles. The second kappa shape index (κ2) is 4.27. The first-order valence-corrected chi connectivity index (χ1v) is 6.03. The van der Waals surface area contributed by atoms with E-state index < -0.39 is 0 Å². The van der Waals surface area contributed by atoms with E-state index >= 15 is 0 Å². The average molecular weight is 263 g/mol. The number of rotatable bonds is 3. The van der Waals surface area contributed by atoms with Gasteiger partial charge in [-0.05, 0) is 6.92 Å². The third kappa shape index (κ3) is 1.89.